The highest BCUT2D eigenvalue weighted by Gasteiger charge is 2.32. The summed E-state index contributed by atoms with van der Waals surface area (Å²) in [4.78, 5) is 27.9. The van der Waals surface area contributed by atoms with Gasteiger partial charge in [0, 0.05) is 35.8 Å². The summed E-state index contributed by atoms with van der Waals surface area (Å²) in [5.74, 6) is 3.42. The Kier molecular flexibility index (Phi) is 5.37. The lowest BCUT2D eigenvalue weighted by molar-refractivity contribution is -0.137. The van der Waals surface area contributed by atoms with Gasteiger partial charge < -0.3 is 10.2 Å². The van der Waals surface area contributed by atoms with E-state index in [-0.39, 0.29) is 5.92 Å². The van der Waals surface area contributed by atoms with E-state index in [0.717, 1.165) is 50.4 Å². The average Bonchev–Trinajstić information content (AvgIpc) is 3.60. The van der Waals surface area contributed by atoms with Gasteiger partial charge >= 0.3 is 0 Å². The first-order valence-electron chi connectivity index (χ1n) is 12.6. The number of hydrogen-bond donors (Lipinski definition) is 1. The highest BCUT2D eigenvalue weighted by atomic mass is 32.1. The Morgan fingerprint density at radius 2 is 1.68 bits per heavy atom. The first kappa shape index (κ1) is 20.0. The fraction of sp³-hybridized carbons (Fsp3) is 0.720. The molecule has 0 atom stereocenters. The van der Waals surface area contributed by atoms with E-state index in [2.05, 4.69) is 10.2 Å². The predicted molar refractivity (Wildman–Crippen MR) is 126 cm³/mol. The van der Waals surface area contributed by atoms with Gasteiger partial charge in [0.05, 0.1) is 5.39 Å². The molecule has 1 saturated heterocycles. The second-order valence-corrected chi connectivity index (χ2v) is 11.3. The van der Waals surface area contributed by atoms with Crippen LogP contribution in [0.5, 0.6) is 0 Å². The van der Waals surface area contributed by atoms with Crippen molar-refractivity contribution in [3.63, 3.8) is 0 Å². The maximum Gasteiger partial charge on any atom is 0.225 e. The molecule has 0 unspecified atom stereocenters. The largest absolute Gasteiger partial charge is 0.367 e. The minimum absolute atomic E-state index is 0.290. The Morgan fingerprint density at radius 1 is 0.903 bits per heavy atom. The Morgan fingerprint density at radius 3 is 2.45 bits per heavy atom. The molecule has 0 aromatic carbocycles. The minimum Gasteiger partial charge on any atom is -0.367 e. The molecule has 1 N–H and O–H groups in total. The van der Waals surface area contributed by atoms with Crippen molar-refractivity contribution in [1.29, 1.82) is 0 Å². The molecular formula is C25H34N4OS. The van der Waals surface area contributed by atoms with Crippen molar-refractivity contribution in [2.45, 2.75) is 95.4 Å². The van der Waals surface area contributed by atoms with E-state index < -0.39 is 0 Å². The van der Waals surface area contributed by atoms with Gasteiger partial charge in [-0.1, -0.05) is 19.3 Å². The van der Waals surface area contributed by atoms with Crippen molar-refractivity contribution in [2.24, 2.45) is 5.92 Å². The zero-order valence-corrected chi connectivity index (χ0v) is 19.3. The summed E-state index contributed by atoms with van der Waals surface area (Å²) in [7, 11) is 0. The number of likely N-dealkylation sites (tertiary alicyclic amines) is 1. The molecule has 2 saturated carbocycles. The van der Waals surface area contributed by atoms with Gasteiger partial charge in [-0.05, 0) is 69.8 Å². The third kappa shape index (κ3) is 3.96. The predicted octanol–water partition coefficient (Wildman–Crippen LogP) is 5.43. The summed E-state index contributed by atoms with van der Waals surface area (Å²) in [5.41, 5.74) is 1.51. The molecule has 0 bridgehead atoms. The number of carbonyl (C=O) groups excluding carboxylic acids is 1. The van der Waals surface area contributed by atoms with E-state index in [1.165, 1.54) is 73.6 Å². The molecule has 1 aliphatic heterocycles. The van der Waals surface area contributed by atoms with Crippen LogP contribution in [0.15, 0.2) is 0 Å². The lowest BCUT2D eigenvalue weighted by Gasteiger charge is -2.35. The number of fused-ring (bicyclic) bond motifs is 3. The number of anilines is 1. The van der Waals surface area contributed by atoms with Crippen LogP contribution in [-0.2, 0) is 17.6 Å². The number of amides is 1. The highest BCUT2D eigenvalue weighted by molar-refractivity contribution is 7.19. The molecule has 5 nitrogen and oxygen atoms in total. The number of hydrogen-bond acceptors (Lipinski definition) is 5. The molecule has 1 amide bonds. The molecule has 166 valence electrons. The number of aryl methyl sites for hydroxylation is 2. The van der Waals surface area contributed by atoms with Gasteiger partial charge in [0.2, 0.25) is 5.91 Å². The molecule has 2 aromatic heterocycles. The average molecular weight is 439 g/mol. The molecule has 3 heterocycles. The third-order valence-corrected chi connectivity index (χ3v) is 9.06. The smallest absolute Gasteiger partial charge is 0.225 e. The molecule has 3 aliphatic carbocycles. The maximum absolute atomic E-state index is 12.9. The summed E-state index contributed by atoms with van der Waals surface area (Å²) in [6.07, 6.45) is 15.4. The molecule has 2 aromatic rings. The molecular weight excluding hydrogens is 404 g/mol. The van der Waals surface area contributed by atoms with Crippen molar-refractivity contribution in [1.82, 2.24) is 14.9 Å². The second-order valence-electron chi connectivity index (χ2n) is 10.2. The number of piperidine rings is 1. The summed E-state index contributed by atoms with van der Waals surface area (Å²) in [5, 5.41) is 5.15. The lowest BCUT2D eigenvalue weighted by Crippen LogP contribution is -2.45. The van der Waals surface area contributed by atoms with E-state index in [9.17, 15) is 4.79 Å². The topological polar surface area (TPSA) is 58.1 Å². The van der Waals surface area contributed by atoms with E-state index >= 15 is 0 Å². The van der Waals surface area contributed by atoms with Crippen molar-refractivity contribution >= 4 is 33.3 Å². The fourth-order valence-electron chi connectivity index (χ4n) is 5.85. The zero-order valence-electron chi connectivity index (χ0n) is 18.5. The van der Waals surface area contributed by atoms with Crippen LogP contribution < -0.4 is 5.32 Å². The molecule has 0 spiro atoms. The van der Waals surface area contributed by atoms with Gasteiger partial charge in [-0.2, -0.15) is 0 Å². The van der Waals surface area contributed by atoms with Gasteiger partial charge in [0.25, 0.3) is 0 Å². The number of thiophene rings is 1. The fourth-order valence-corrected chi connectivity index (χ4v) is 7.12. The molecule has 31 heavy (non-hydrogen) atoms. The summed E-state index contributed by atoms with van der Waals surface area (Å²) in [6, 6.07) is 0.402. The highest BCUT2D eigenvalue weighted by Crippen LogP contribution is 2.43. The number of aromatic nitrogens is 2. The molecule has 6 heteroatoms. The summed E-state index contributed by atoms with van der Waals surface area (Å²) in [6.45, 7) is 1.77. The van der Waals surface area contributed by atoms with Crippen molar-refractivity contribution in [2.75, 3.05) is 18.4 Å². The van der Waals surface area contributed by atoms with E-state index in [0.29, 0.717) is 17.9 Å². The quantitative estimate of drug-likeness (QED) is 0.691. The van der Waals surface area contributed by atoms with Gasteiger partial charge in [0.1, 0.15) is 16.5 Å². The van der Waals surface area contributed by atoms with Crippen LogP contribution in [0.2, 0.25) is 0 Å². The number of carbonyl (C=O) groups is 1. The van der Waals surface area contributed by atoms with Crippen LogP contribution in [-0.4, -0.2) is 39.9 Å². The maximum atomic E-state index is 12.9. The van der Waals surface area contributed by atoms with Crippen molar-refractivity contribution < 1.29 is 4.79 Å². The van der Waals surface area contributed by atoms with Crippen molar-refractivity contribution in [3.05, 3.63) is 16.3 Å². The Hall–Kier alpha value is -1.69. The van der Waals surface area contributed by atoms with E-state index in [1.54, 1.807) is 4.88 Å². The SMILES string of the molecule is O=C(C1CCCCC1)N1CCC(Nc2nc(C3CC3)nc3sc4c(c23)CCCC4)CC1. The van der Waals surface area contributed by atoms with Crippen LogP contribution >= 0.6 is 11.3 Å². The van der Waals surface area contributed by atoms with E-state index in [4.69, 9.17) is 9.97 Å². The number of nitrogens with zero attached hydrogens (tertiary/aromatic N) is 3. The summed E-state index contributed by atoms with van der Waals surface area (Å²) >= 11 is 1.91. The molecule has 6 rings (SSSR count). The zero-order chi connectivity index (χ0) is 20.8. The lowest BCUT2D eigenvalue weighted by atomic mass is 9.87. The third-order valence-electron chi connectivity index (χ3n) is 7.88. The van der Waals surface area contributed by atoms with Crippen molar-refractivity contribution in [3.8, 4) is 0 Å². The van der Waals surface area contributed by atoms with Crippen LogP contribution in [0, 0.1) is 5.92 Å². The van der Waals surface area contributed by atoms with E-state index in [1.807, 2.05) is 11.3 Å². The van der Waals surface area contributed by atoms with Gasteiger partial charge in [-0.15, -0.1) is 11.3 Å². The first-order chi connectivity index (χ1) is 15.3. The Balaban J connectivity index is 1.19. The number of rotatable bonds is 4. The summed E-state index contributed by atoms with van der Waals surface area (Å²) < 4.78 is 0. The Bertz CT molecular complexity index is 968. The van der Waals surface area contributed by atoms with Crippen LogP contribution in [0.1, 0.15) is 92.8 Å². The second kappa shape index (κ2) is 8.34. The number of nitrogens with one attached hydrogen (secondary N) is 1. The molecule has 4 aliphatic rings. The van der Waals surface area contributed by atoms with Crippen LogP contribution in [0.3, 0.4) is 0 Å². The van der Waals surface area contributed by atoms with Gasteiger partial charge in [-0.25, -0.2) is 9.97 Å². The van der Waals surface area contributed by atoms with Crippen LogP contribution in [0.25, 0.3) is 10.2 Å². The monoisotopic (exact) mass is 438 g/mol. The van der Waals surface area contributed by atoms with Gasteiger partial charge in [-0.3, -0.25) is 4.79 Å². The molecule has 3 fully saturated rings. The molecule has 0 radical (unpaired) electrons. The van der Waals surface area contributed by atoms with Crippen LogP contribution in [0.4, 0.5) is 5.82 Å². The minimum atomic E-state index is 0.290. The first-order valence-corrected chi connectivity index (χ1v) is 13.5. The van der Waals surface area contributed by atoms with Gasteiger partial charge in [0.15, 0.2) is 0 Å². The standard InChI is InChI=1S/C25H34N4OS/c30-25(17-6-2-1-3-7-17)29-14-12-18(13-15-29)26-23-21-19-8-4-5-9-20(19)31-24(21)28-22(27-23)16-10-11-16/h16-18H,1-15H2,(H,26,27,28). The normalized spacial score (nSPS) is 23.2. The Labute approximate surface area is 189 Å².